The molecule has 0 aromatic carbocycles. The summed E-state index contributed by atoms with van der Waals surface area (Å²) in [6, 6.07) is -0.838. The first-order valence-corrected chi connectivity index (χ1v) is 6.64. The number of aromatic nitrogens is 5. The van der Waals surface area contributed by atoms with E-state index in [2.05, 4.69) is 4.98 Å². The molecule has 0 radical (unpaired) electrons. The Morgan fingerprint density at radius 3 is 2.50 bits per heavy atom. The number of carboxylic acid groups (broad SMARTS) is 1. The van der Waals surface area contributed by atoms with Gasteiger partial charge in [-0.25, -0.2) is 9.59 Å². The number of imidazole rings is 2. The number of carboxylic acids is 1. The van der Waals surface area contributed by atoms with E-state index in [1.54, 1.807) is 13.1 Å². The average Bonchev–Trinajstić information content (AvgIpc) is 2.96. The number of aryl methyl sites for hydroxylation is 2. The van der Waals surface area contributed by atoms with Gasteiger partial charge < -0.3 is 9.67 Å². The molecule has 0 bridgehead atoms. The highest BCUT2D eigenvalue weighted by Crippen LogP contribution is 2.20. The van der Waals surface area contributed by atoms with Crippen LogP contribution in [-0.2, 0) is 18.9 Å². The SMILES string of the molecule is Cc1cn2c3c(=O)n(C)c(=O)n(C)c3nc2n1[C@@H](C)C(=O)O. The number of hydrogen-bond acceptors (Lipinski definition) is 4. The molecule has 9 nitrogen and oxygen atoms in total. The lowest BCUT2D eigenvalue weighted by Crippen LogP contribution is -2.37. The predicted molar refractivity (Wildman–Crippen MR) is 78.3 cm³/mol. The Hall–Kier alpha value is -2.84. The summed E-state index contributed by atoms with van der Waals surface area (Å²) in [6.07, 6.45) is 1.65. The van der Waals surface area contributed by atoms with Gasteiger partial charge in [0.1, 0.15) is 6.04 Å². The third kappa shape index (κ3) is 1.59. The minimum absolute atomic E-state index is 0.231. The molecule has 116 valence electrons. The minimum atomic E-state index is -1.00. The highest BCUT2D eigenvalue weighted by molar-refractivity contribution is 5.77. The molecule has 0 unspecified atom stereocenters. The van der Waals surface area contributed by atoms with Crippen molar-refractivity contribution in [1.29, 1.82) is 0 Å². The van der Waals surface area contributed by atoms with Crippen LogP contribution >= 0.6 is 0 Å². The van der Waals surface area contributed by atoms with Gasteiger partial charge in [-0.15, -0.1) is 0 Å². The molecule has 22 heavy (non-hydrogen) atoms. The molecule has 0 fully saturated rings. The molecule has 3 rings (SSSR count). The Morgan fingerprint density at radius 1 is 1.27 bits per heavy atom. The van der Waals surface area contributed by atoms with E-state index in [0.29, 0.717) is 11.5 Å². The van der Waals surface area contributed by atoms with Gasteiger partial charge in [-0.3, -0.25) is 18.3 Å². The van der Waals surface area contributed by atoms with Gasteiger partial charge in [0.2, 0.25) is 5.78 Å². The monoisotopic (exact) mass is 305 g/mol. The zero-order valence-corrected chi connectivity index (χ0v) is 12.6. The topological polar surface area (TPSA) is 104 Å². The summed E-state index contributed by atoms with van der Waals surface area (Å²) in [4.78, 5) is 39.9. The lowest BCUT2D eigenvalue weighted by atomic mass is 10.3. The number of fused-ring (bicyclic) bond motifs is 3. The van der Waals surface area contributed by atoms with Crippen LogP contribution in [0.3, 0.4) is 0 Å². The second-order valence-corrected chi connectivity index (χ2v) is 5.31. The number of rotatable bonds is 2. The first kappa shape index (κ1) is 14.1. The molecule has 3 heterocycles. The van der Waals surface area contributed by atoms with Crippen LogP contribution in [0.25, 0.3) is 16.9 Å². The summed E-state index contributed by atoms with van der Waals surface area (Å²) in [5, 5.41) is 9.23. The molecule has 9 heteroatoms. The van der Waals surface area contributed by atoms with Gasteiger partial charge in [0, 0.05) is 26.0 Å². The van der Waals surface area contributed by atoms with Crippen molar-refractivity contribution in [2.45, 2.75) is 19.9 Å². The second-order valence-electron chi connectivity index (χ2n) is 5.31. The fourth-order valence-electron chi connectivity index (χ4n) is 2.69. The van der Waals surface area contributed by atoms with Crippen LogP contribution in [0.15, 0.2) is 15.8 Å². The van der Waals surface area contributed by atoms with Crippen LogP contribution in [0.5, 0.6) is 0 Å². The van der Waals surface area contributed by atoms with Crippen LogP contribution in [0, 0.1) is 6.92 Å². The Morgan fingerprint density at radius 2 is 1.91 bits per heavy atom. The van der Waals surface area contributed by atoms with Crippen molar-refractivity contribution in [2.75, 3.05) is 0 Å². The molecule has 3 aromatic rings. The molecule has 0 aliphatic rings. The van der Waals surface area contributed by atoms with Crippen LogP contribution < -0.4 is 11.2 Å². The number of carbonyl (C=O) groups is 1. The summed E-state index contributed by atoms with van der Waals surface area (Å²) in [6.45, 7) is 3.28. The van der Waals surface area contributed by atoms with Gasteiger partial charge in [0.15, 0.2) is 11.2 Å². The molecule has 0 saturated carbocycles. The zero-order valence-electron chi connectivity index (χ0n) is 12.6. The number of nitrogens with zero attached hydrogens (tertiary/aromatic N) is 5. The van der Waals surface area contributed by atoms with E-state index < -0.39 is 23.3 Å². The quantitative estimate of drug-likeness (QED) is 0.696. The average molecular weight is 305 g/mol. The number of hydrogen-bond donors (Lipinski definition) is 1. The van der Waals surface area contributed by atoms with Crippen molar-refractivity contribution in [3.05, 3.63) is 32.7 Å². The zero-order chi connectivity index (χ0) is 16.3. The maximum atomic E-state index is 12.4. The normalized spacial score (nSPS) is 13.1. The van der Waals surface area contributed by atoms with Gasteiger partial charge >= 0.3 is 11.7 Å². The van der Waals surface area contributed by atoms with Crippen LogP contribution in [0.2, 0.25) is 0 Å². The van der Waals surface area contributed by atoms with Crippen molar-refractivity contribution >= 4 is 22.9 Å². The van der Waals surface area contributed by atoms with Crippen molar-refractivity contribution in [3.8, 4) is 0 Å². The fourth-order valence-corrected chi connectivity index (χ4v) is 2.69. The van der Waals surface area contributed by atoms with E-state index in [4.69, 9.17) is 0 Å². The third-order valence-corrected chi connectivity index (χ3v) is 3.93. The Labute approximate surface area is 123 Å². The standard InChI is InChI=1S/C13H15N5O4/c1-6-5-17-8-9(15(3)13(22)16(4)10(8)19)14-12(17)18(6)7(2)11(20)21/h5,7H,1-4H3,(H,20,21)/t7-/m0/s1. The van der Waals surface area contributed by atoms with E-state index in [9.17, 15) is 19.5 Å². The summed E-state index contributed by atoms with van der Waals surface area (Å²) >= 11 is 0. The summed E-state index contributed by atoms with van der Waals surface area (Å²) in [5.41, 5.74) is 0.196. The van der Waals surface area contributed by atoms with Crippen LogP contribution in [0.4, 0.5) is 0 Å². The summed E-state index contributed by atoms with van der Waals surface area (Å²) < 4.78 is 5.33. The molecule has 0 aliphatic heterocycles. The van der Waals surface area contributed by atoms with Gasteiger partial charge in [-0.1, -0.05) is 0 Å². The molecule has 0 aliphatic carbocycles. The van der Waals surface area contributed by atoms with E-state index in [1.807, 2.05) is 0 Å². The third-order valence-electron chi connectivity index (χ3n) is 3.93. The molecule has 0 saturated heterocycles. The lowest BCUT2D eigenvalue weighted by Gasteiger charge is -2.10. The molecule has 3 aromatic heterocycles. The fraction of sp³-hybridized carbons (Fsp3) is 0.385. The molecule has 1 N–H and O–H groups in total. The van der Waals surface area contributed by atoms with Crippen molar-refractivity contribution in [2.24, 2.45) is 14.1 Å². The molecular weight excluding hydrogens is 290 g/mol. The largest absolute Gasteiger partial charge is 0.480 e. The Balaban J connectivity index is 2.56. The van der Waals surface area contributed by atoms with E-state index in [-0.39, 0.29) is 11.2 Å². The second kappa shape index (κ2) is 4.33. The van der Waals surface area contributed by atoms with Crippen molar-refractivity contribution in [1.82, 2.24) is 23.1 Å². The highest BCUT2D eigenvalue weighted by atomic mass is 16.4. The van der Waals surface area contributed by atoms with Crippen molar-refractivity contribution in [3.63, 3.8) is 0 Å². The van der Waals surface area contributed by atoms with Gasteiger partial charge in [-0.2, -0.15) is 4.98 Å². The molecule has 0 amide bonds. The highest BCUT2D eigenvalue weighted by Gasteiger charge is 2.23. The lowest BCUT2D eigenvalue weighted by molar-refractivity contribution is -0.140. The summed E-state index contributed by atoms with van der Waals surface area (Å²) in [7, 11) is 2.92. The number of aliphatic carboxylic acids is 1. The first-order valence-electron chi connectivity index (χ1n) is 6.64. The van der Waals surface area contributed by atoms with E-state index in [1.165, 1.54) is 34.6 Å². The summed E-state index contributed by atoms with van der Waals surface area (Å²) in [5.74, 6) is -0.684. The smallest absolute Gasteiger partial charge is 0.332 e. The van der Waals surface area contributed by atoms with E-state index in [0.717, 1.165) is 4.57 Å². The molecule has 1 atom stereocenters. The van der Waals surface area contributed by atoms with Crippen LogP contribution in [0.1, 0.15) is 18.7 Å². The van der Waals surface area contributed by atoms with Gasteiger partial charge in [-0.05, 0) is 13.8 Å². The van der Waals surface area contributed by atoms with Crippen LogP contribution in [-0.4, -0.2) is 34.2 Å². The Kier molecular flexibility index (Phi) is 2.77. The first-order chi connectivity index (χ1) is 10.3. The maximum absolute atomic E-state index is 12.4. The van der Waals surface area contributed by atoms with Gasteiger partial charge in [0.05, 0.1) is 0 Å². The van der Waals surface area contributed by atoms with Gasteiger partial charge in [0.25, 0.3) is 5.56 Å². The van der Waals surface area contributed by atoms with E-state index >= 15 is 0 Å². The minimum Gasteiger partial charge on any atom is -0.480 e. The molecule has 0 spiro atoms. The Bertz CT molecular complexity index is 1050. The predicted octanol–water partition coefficient (Wildman–Crippen LogP) is -0.360. The maximum Gasteiger partial charge on any atom is 0.332 e. The van der Waals surface area contributed by atoms with Crippen molar-refractivity contribution < 1.29 is 9.90 Å². The molecular formula is C13H15N5O4.